The van der Waals surface area contributed by atoms with Crippen molar-refractivity contribution in [3.05, 3.63) is 95.0 Å². The molecule has 3 aromatic carbocycles. The summed E-state index contributed by atoms with van der Waals surface area (Å²) in [5.41, 5.74) is 6.94. The van der Waals surface area contributed by atoms with Gasteiger partial charge in [0, 0.05) is 21.8 Å². The Labute approximate surface area is 163 Å². The minimum atomic E-state index is 0.721. The van der Waals surface area contributed by atoms with Crippen molar-refractivity contribution >= 4 is 23.1 Å². The molecule has 0 unspecified atom stereocenters. The fourth-order valence-electron chi connectivity index (χ4n) is 3.69. The van der Waals surface area contributed by atoms with Gasteiger partial charge in [0.25, 0.3) is 0 Å². The number of para-hydroxylation sites is 1. The van der Waals surface area contributed by atoms with E-state index in [1.54, 1.807) is 0 Å². The average molecular weight is 372 g/mol. The summed E-state index contributed by atoms with van der Waals surface area (Å²) in [6.07, 6.45) is 1.99. The molecule has 1 aliphatic rings. The number of halogens is 1. The summed E-state index contributed by atoms with van der Waals surface area (Å²) in [6, 6.07) is 26.6. The van der Waals surface area contributed by atoms with E-state index >= 15 is 0 Å². The van der Waals surface area contributed by atoms with E-state index in [-0.39, 0.29) is 0 Å². The van der Waals surface area contributed by atoms with Gasteiger partial charge in [0.1, 0.15) is 5.82 Å². The van der Waals surface area contributed by atoms with Gasteiger partial charge in [0.15, 0.2) is 0 Å². The first kappa shape index (κ1) is 16.2. The van der Waals surface area contributed by atoms with Crippen molar-refractivity contribution in [2.24, 2.45) is 0 Å². The molecule has 4 heteroatoms. The predicted molar refractivity (Wildman–Crippen MR) is 111 cm³/mol. The highest BCUT2D eigenvalue weighted by atomic mass is 35.5. The number of benzene rings is 3. The molecule has 0 atom stereocenters. The largest absolute Gasteiger partial charge is 0.340 e. The monoisotopic (exact) mass is 371 g/mol. The van der Waals surface area contributed by atoms with Crippen LogP contribution in [-0.4, -0.2) is 9.78 Å². The molecule has 1 N–H and O–H groups in total. The van der Waals surface area contributed by atoms with Crippen molar-refractivity contribution in [3.8, 4) is 16.9 Å². The molecule has 0 saturated carbocycles. The fourth-order valence-corrected chi connectivity index (χ4v) is 3.81. The van der Waals surface area contributed by atoms with Crippen molar-refractivity contribution in [1.82, 2.24) is 9.78 Å². The molecule has 0 radical (unpaired) electrons. The number of nitrogens with zero attached hydrogens (tertiary/aromatic N) is 2. The van der Waals surface area contributed by atoms with E-state index in [0.717, 1.165) is 40.8 Å². The molecule has 0 bridgehead atoms. The van der Waals surface area contributed by atoms with Gasteiger partial charge in [-0.2, -0.15) is 5.10 Å². The molecule has 4 aromatic rings. The van der Waals surface area contributed by atoms with Crippen molar-refractivity contribution in [2.45, 2.75) is 12.8 Å². The summed E-state index contributed by atoms with van der Waals surface area (Å²) in [4.78, 5) is 0. The first-order valence-electron chi connectivity index (χ1n) is 9.08. The summed E-state index contributed by atoms with van der Waals surface area (Å²) in [6.45, 7) is 0. The molecule has 5 rings (SSSR count). The zero-order chi connectivity index (χ0) is 18.2. The maximum atomic E-state index is 6.09. The van der Waals surface area contributed by atoms with Crippen molar-refractivity contribution in [3.63, 3.8) is 0 Å². The topological polar surface area (TPSA) is 29.9 Å². The number of hydrogen-bond acceptors (Lipinski definition) is 2. The van der Waals surface area contributed by atoms with Gasteiger partial charge in [-0.1, -0.05) is 54.1 Å². The van der Waals surface area contributed by atoms with Crippen LogP contribution in [0.25, 0.3) is 16.9 Å². The molecule has 0 fully saturated rings. The first-order chi connectivity index (χ1) is 13.3. The number of rotatable bonds is 3. The lowest BCUT2D eigenvalue weighted by molar-refractivity contribution is 0.891. The summed E-state index contributed by atoms with van der Waals surface area (Å²) < 4.78 is 2.00. The lowest BCUT2D eigenvalue weighted by Gasteiger charge is -2.16. The van der Waals surface area contributed by atoms with Gasteiger partial charge in [-0.25, -0.2) is 4.68 Å². The predicted octanol–water partition coefficient (Wildman–Crippen LogP) is 6.03. The second-order valence-electron chi connectivity index (χ2n) is 6.71. The maximum absolute atomic E-state index is 6.09. The molecule has 1 aromatic heterocycles. The van der Waals surface area contributed by atoms with Gasteiger partial charge in [-0.3, -0.25) is 0 Å². The average Bonchev–Trinajstić information content (AvgIpc) is 3.08. The van der Waals surface area contributed by atoms with Gasteiger partial charge < -0.3 is 5.32 Å². The Balaban J connectivity index is 1.70. The zero-order valence-corrected chi connectivity index (χ0v) is 15.4. The van der Waals surface area contributed by atoms with Crippen LogP contribution in [0.1, 0.15) is 11.1 Å². The van der Waals surface area contributed by atoms with Gasteiger partial charge in [-0.05, 0) is 54.8 Å². The van der Waals surface area contributed by atoms with E-state index < -0.39 is 0 Å². The minimum absolute atomic E-state index is 0.721. The third-order valence-corrected chi connectivity index (χ3v) is 5.26. The minimum Gasteiger partial charge on any atom is -0.340 e. The highest BCUT2D eigenvalue weighted by Gasteiger charge is 2.25. The van der Waals surface area contributed by atoms with Crippen LogP contribution in [0.4, 0.5) is 11.5 Å². The van der Waals surface area contributed by atoms with E-state index in [9.17, 15) is 0 Å². The standard InChI is InChI=1S/C23H18ClN3/c24-17-11-13-19(14-12-17)27-23(25-18-7-2-1-3-8-18)21-15-10-16-6-4-5-9-20(16)22(21)26-27/h1-9,11-14,25H,10,15H2. The molecule has 132 valence electrons. The third kappa shape index (κ3) is 2.90. The van der Waals surface area contributed by atoms with Crippen molar-refractivity contribution in [2.75, 3.05) is 5.32 Å². The van der Waals surface area contributed by atoms with E-state index in [1.807, 2.05) is 47.1 Å². The fraction of sp³-hybridized carbons (Fsp3) is 0.0870. The van der Waals surface area contributed by atoms with E-state index in [2.05, 4.69) is 41.7 Å². The third-order valence-electron chi connectivity index (χ3n) is 5.01. The molecule has 1 aliphatic carbocycles. The number of aryl methyl sites for hydroxylation is 1. The van der Waals surface area contributed by atoms with Crippen molar-refractivity contribution < 1.29 is 0 Å². The number of nitrogens with one attached hydrogen (secondary N) is 1. The highest BCUT2D eigenvalue weighted by Crippen LogP contribution is 2.39. The maximum Gasteiger partial charge on any atom is 0.138 e. The van der Waals surface area contributed by atoms with Crippen LogP contribution in [0.5, 0.6) is 0 Å². The lowest BCUT2D eigenvalue weighted by atomic mass is 9.90. The second kappa shape index (κ2) is 6.60. The normalized spacial score (nSPS) is 12.3. The molecule has 1 heterocycles. The zero-order valence-electron chi connectivity index (χ0n) is 14.7. The molecular formula is C23H18ClN3. The van der Waals surface area contributed by atoms with Crippen molar-refractivity contribution in [1.29, 1.82) is 0 Å². The number of anilines is 2. The molecule has 3 nitrogen and oxygen atoms in total. The van der Waals surface area contributed by atoms with Crippen LogP contribution in [0.15, 0.2) is 78.9 Å². The molecular weight excluding hydrogens is 354 g/mol. The Morgan fingerprint density at radius 2 is 1.56 bits per heavy atom. The molecule has 27 heavy (non-hydrogen) atoms. The van der Waals surface area contributed by atoms with E-state index in [4.69, 9.17) is 16.7 Å². The second-order valence-corrected chi connectivity index (χ2v) is 7.15. The van der Waals surface area contributed by atoms with E-state index in [0.29, 0.717) is 0 Å². The van der Waals surface area contributed by atoms with Crippen LogP contribution in [0.2, 0.25) is 5.02 Å². The highest BCUT2D eigenvalue weighted by molar-refractivity contribution is 6.30. The number of hydrogen-bond donors (Lipinski definition) is 1. The van der Waals surface area contributed by atoms with Gasteiger partial charge in [0.05, 0.1) is 11.4 Å². The first-order valence-corrected chi connectivity index (χ1v) is 9.45. The van der Waals surface area contributed by atoms with Crippen LogP contribution in [0, 0.1) is 0 Å². The van der Waals surface area contributed by atoms with Gasteiger partial charge >= 0.3 is 0 Å². The quantitative estimate of drug-likeness (QED) is 0.476. The molecule has 0 aliphatic heterocycles. The van der Waals surface area contributed by atoms with Crippen LogP contribution in [0.3, 0.4) is 0 Å². The summed E-state index contributed by atoms with van der Waals surface area (Å²) >= 11 is 6.09. The summed E-state index contributed by atoms with van der Waals surface area (Å²) in [7, 11) is 0. The van der Waals surface area contributed by atoms with Crippen LogP contribution < -0.4 is 5.32 Å². The van der Waals surface area contributed by atoms with Crippen LogP contribution >= 0.6 is 11.6 Å². The molecule has 0 amide bonds. The Morgan fingerprint density at radius 3 is 2.37 bits per heavy atom. The smallest absolute Gasteiger partial charge is 0.138 e. The van der Waals surface area contributed by atoms with Gasteiger partial charge in [0.2, 0.25) is 0 Å². The Morgan fingerprint density at radius 1 is 0.815 bits per heavy atom. The lowest BCUT2D eigenvalue weighted by Crippen LogP contribution is -2.05. The summed E-state index contributed by atoms with van der Waals surface area (Å²) in [5.74, 6) is 1.02. The Bertz CT molecular complexity index is 1100. The Kier molecular flexibility index (Phi) is 3.95. The SMILES string of the molecule is Clc1ccc(-n2nc3c(c2Nc2ccccc2)CCc2ccccc2-3)cc1. The van der Waals surface area contributed by atoms with Gasteiger partial charge in [-0.15, -0.1) is 0 Å². The molecule has 0 saturated heterocycles. The van der Waals surface area contributed by atoms with E-state index in [1.165, 1.54) is 16.7 Å². The van der Waals surface area contributed by atoms with Crippen LogP contribution in [-0.2, 0) is 12.8 Å². The Hall–Kier alpha value is -3.04. The number of fused-ring (bicyclic) bond motifs is 3. The molecule has 0 spiro atoms. The number of aromatic nitrogens is 2. The summed E-state index contributed by atoms with van der Waals surface area (Å²) in [5, 5.41) is 9.31.